The number of imide groups is 1. The summed E-state index contributed by atoms with van der Waals surface area (Å²) in [4.78, 5) is 38.5. The summed E-state index contributed by atoms with van der Waals surface area (Å²) in [6, 6.07) is 11.9. The number of hydrazine groups is 2. The summed E-state index contributed by atoms with van der Waals surface area (Å²) in [6.07, 6.45) is 0.874. The first-order chi connectivity index (χ1) is 17.1. The second-order valence-electron chi connectivity index (χ2n) is 8.98. The molecule has 0 aliphatic heterocycles. The van der Waals surface area contributed by atoms with Gasteiger partial charge in [0.15, 0.2) is 0 Å². The van der Waals surface area contributed by atoms with Gasteiger partial charge in [0, 0.05) is 19.2 Å². The number of nitrogens with zero attached hydrogens (tertiary/aromatic N) is 1. The van der Waals surface area contributed by atoms with E-state index in [-0.39, 0.29) is 13.1 Å². The number of benzene rings is 2. The number of amides is 4. The Morgan fingerprint density at radius 2 is 1.67 bits per heavy atom. The van der Waals surface area contributed by atoms with Crippen molar-refractivity contribution in [3.63, 3.8) is 0 Å². The molecule has 4 amide bonds. The molecule has 1 atom stereocenters. The van der Waals surface area contributed by atoms with Crippen LogP contribution in [0, 0.1) is 18.8 Å². The van der Waals surface area contributed by atoms with Gasteiger partial charge in [-0.1, -0.05) is 56.7 Å². The molecule has 0 aliphatic rings. The van der Waals surface area contributed by atoms with Crippen LogP contribution >= 0.6 is 0 Å². The van der Waals surface area contributed by atoms with Crippen molar-refractivity contribution in [1.82, 2.24) is 21.2 Å². The fraction of sp³-hybridized carbons (Fsp3) is 0.423. The van der Waals surface area contributed by atoms with E-state index in [0.717, 1.165) is 33.8 Å². The van der Waals surface area contributed by atoms with Crippen molar-refractivity contribution in [2.24, 2.45) is 11.8 Å². The van der Waals surface area contributed by atoms with Crippen LogP contribution in [0.1, 0.15) is 37.5 Å². The van der Waals surface area contributed by atoms with Crippen LogP contribution in [0.3, 0.4) is 0 Å². The molecule has 0 saturated carbocycles. The maximum atomic E-state index is 12.9. The van der Waals surface area contributed by atoms with Gasteiger partial charge in [-0.25, -0.2) is 14.5 Å². The largest absolute Gasteiger partial charge is 0.496 e. The molecule has 4 N–H and O–H groups in total. The fourth-order valence-corrected chi connectivity index (χ4v) is 3.44. The minimum atomic E-state index is -0.747. The first-order valence-corrected chi connectivity index (χ1v) is 11.8. The zero-order valence-electron chi connectivity index (χ0n) is 21.8. The molecule has 36 heavy (non-hydrogen) atoms. The van der Waals surface area contributed by atoms with Crippen LogP contribution in [0.25, 0.3) is 0 Å². The molecule has 2 rings (SSSR count). The van der Waals surface area contributed by atoms with E-state index in [2.05, 4.69) is 35.6 Å². The summed E-state index contributed by atoms with van der Waals surface area (Å²) < 4.78 is 10.2. The average molecular weight is 500 g/mol. The smallest absolute Gasteiger partial charge is 0.341 e. The molecular weight excluding hydrogens is 462 g/mol. The van der Waals surface area contributed by atoms with Crippen LogP contribution in [-0.4, -0.2) is 43.7 Å². The van der Waals surface area contributed by atoms with Gasteiger partial charge in [0.1, 0.15) is 5.75 Å². The first-order valence-electron chi connectivity index (χ1n) is 11.8. The Morgan fingerprint density at radius 1 is 0.972 bits per heavy atom. The zero-order valence-corrected chi connectivity index (χ0v) is 21.8. The lowest BCUT2D eigenvalue weighted by Crippen LogP contribution is -2.54. The highest BCUT2D eigenvalue weighted by Crippen LogP contribution is 2.25. The molecule has 0 aromatic heterocycles. The third-order valence-electron chi connectivity index (χ3n) is 5.41. The lowest BCUT2D eigenvalue weighted by molar-refractivity contribution is -0.144. The maximum Gasteiger partial charge on any atom is 0.341 e. The molecule has 196 valence electrons. The zero-order chi connectivity index (χ0) is 26.7. The summed E-state index contributed by atoms with van der Waals surface area (Å²) in [7, 11) is 2.86. The van der Waals surface area contributed by atoms with Gasteiger partial charge in [-0.05, 0) is 36.5 Å². The summed E-state index contributed by atoms with van der Waals surface area (Å²) >= 11 is 0. The summed E-state index contributed by atoms with van der Waals surface area (Å²) in [5.74, 6) is -0.0353. The number of carbonyl (C=O) groups excluding carboxylic acids is 3. The van der Waals surface area contributed by atoms with Crippen molar-refractivity contribution in [2.45, 2.75) is 40.7 Å². The van der Waals surface area contributed by atoms with Crippen molar-refractivity contribution in [1.29, 1.82) is 0 Å². The minimum Gasteiger partial charge on any atom is -0.496 e. The van der Waals surface area contributed by atoms with E-state index in [9.17, 15) is 14.4 Å². The van der Waals surface area contributed by atoms with Gasteiger partial charge >= 0.3 is 18.0 Å². The van der Waals surface area contributed by atoms with Crippen LogP contribution in [0.15, 0.2) is 42.5 Å². The van der Waals surface area contributed by atoms with Gasteiger partial charge in [-0.15, -0.1) is 5.53 Å². The van der Waals surface area contributed by atoms with Gasteiger partial charge in [-0.3, -0.25) is 10.2 Å². The number of rotatable bonds is 11. The Hall–Kier alpha value is -3.79. The summed E-state index contributed by atoms with van der Waals surface area (Å²) in [5.41, 5.74) is 11.6. The van der Waals surface area contributed by atoms with E-state index >= 15 is 0 Å². The van der Waals surface area contributed by atoms with E-state index < -0.39 is 23.9 Å². The Kier molecular flexibility index (Phi) is 11.0. The van der Waals surface area contributed by atoms with Gasteiger partial charge in [-0.2, -0.15) is 0 Å². The molecule has 0 bridgehead atoms. The Balaban J connectivity index is 2.02. The average Bonchev–Trinajstić information content (AvgIpc) is 2.86. The predicted octanol–water partition coefficient (Wildman–Crippen LogP) is 3.76. The molecule has 0 radical (unpaired) electrons. The topological polar surface area (TPSA) is 121 Å². The number of methoxy groups -OCH3 is 2. The number of aryl methyl sites for hydroxylation is 1. The van der Waals surface area contributed by atoms with E-state index in [4.69, 9.17) is 9.47 Å². The van der Waals surface area contributed by atoms with Crippen LogP contribution in [0.2, 0.25) is 0 Å². The highest BCUT2D eigenvalue weighted by molar-refractivity contribution is 5.93. The molecule has 10 nitrogen and oxygen atoms in total. The number of esters is 1. The van der Waals surface area contributed by atoms with Gasteiger partial charge in [0.2, 0.25) is 0 Å². The highest BCUT2D eigenvalue weighted by atomic mass is 16.5. The molecule has 2 aromatic rings. The van der Waals surface area contributed by atoms with Crippen LogP contribution in [0.4, 0.5) is 15.3 Å². The number of nitrogens with one attached hydrogen (secondary N) is 4. The molecule has 0 fully saturated rings. The molecule has 0 spiro atoms. The Labute approximate surface area is 212 Å². The molecule has 0 heterocycles. The van der Waals surface area contributed by atoms with E-state index in [1.165, 1.54) is 7.11 Å². The van der Waals surface area contributed by atoms with Crippen molar-refractivity contribution in [3.8, 4) is 5.75 Å². The van der Waals surface area contributed by atoms with E-state index in [1.54, 1.807) is 14.0 Å². The van der Waals surface area contributed by atoms with Gasteiger partial charge < -0.3 is 20.2 Å². The SMILES string of the molecule is COC(=O)[C@@H](C)CN(C(=O)NCc1ccc(C)cc1)C(=O)NNNc1ccc(CC(C)C)c(OC)c1. The first kappa shape index (κ1) is 28.4. The molecule has 10 heteroatoms. The molecular formula is C26H37N5O5. The fourth-order valence-electron chi connectivity index (χ4n) is 3.44. The third kappa shape index (κ3) is 8.77. The minimum absolute atomic E-state index is 0.169. The molecule has 2 aromatic carbocycles. The third-order valence-corrected chi connectivity index (χ3v) is 5.41. The standard InChI is InChI=1S/C26H37N5O5/c1-17(2)13-21-11-12-22(14-23(21)35-5)28-30-29-26(34)31(16-19(4)24(32)36-6)25(33)27-15-20-9-7-18(3)8-10-20/h7-12,14,17,19,28,30H,13,15-16H2,1-6H3,(H,27,33)(H,29,34)/t19-/m0/s1. The number of hydrogen-bond acceptors (Lipinski definition) is 7. The van der Waals surface area contributed by atoms with Crippen molar-refractivity contribution in [2.75, 3.05) is 26.2 Å². The number of ether oxygens (including phenoxy) is 2. The molecule has 0 saturated heterocycles. The van der Waals surface area contributed by atoms with Crippen molar-refractivity contribution < 1.29 is 23.9 Å². The molecule has 0 unspecified atom stereocenters. The monoisotopic (exact) mass is 499 g/mol. The quantitative estimate of drug-likeness (QED) is 0.274. The second-order valence-corrected chi connectivity index (χ2v) is 8.98. The van der Waals surface area contributed by atoms with Crippen LogP contribution in [0.5, 0.6) is 5.75 Å². The highest BCUT2D eigenvalue weighted by Gasteiger charge is 2.27. The van der Waals surface area contributed by atoms with Crippen molar-refractivity contribution >= 4 is 23.7 Å². The Bertz CT molecular complexity index is 1030. The second kappa shape index (κ2) is 13.9. The predicted molar refractivity (Wildman–Crippen MR) is 138 cm³/mol. The van der Waals surface area contributed by atoms with Crippen LogP contribution in [-0.2, 0) is 22.5 Å². The number of carbonyl (C=O) groups is 3. The number of urea groups is 2. The van der Waals surface area contributed by atoms with Gasteiger partial charge in [0.05, 0.1) is 25.8 Å². The van der Waals surface area contributed by atoms with E-state index in [1.807, 2.05) is 49.4 Å². The summed E-state index contributed by atoms with van der Waals surface area (Å²) in [5, 5.41) is 2.72. The summed E-state index contributed by atoms with van der Waals surface area (Å²) in [6.45, 7) is 7.87. The van der Waals surface area contributed by atoms with Crippen molar-refractivity contribution in [3.05, 3.63) is 59.2 Å². The van der Waals surface area contributed by atoms with Gasteiger partial charge in [0.25, 0.3) is 0 Å². The Morgan fingerprint density at radius 3 is 2.28 bits per heavy atom. The number of hydrogen-bond donors (Lipinski definition) is 4. The lowest BCUT2D eigenvalue weighted by atomic mass is 10.0. The van der Waals surface area contributed by atoms with Crippen LogP contribution < -0.4 is 26.4 Å². The van der Waals surface area contributed by atoms with E-state index in [0.29, 0.717) is 11.6 Å². The normalized spacial score (nSPS) is 11.4. The lowest BCUT2D eigenvalue weighted by Gasteiger charge is -2.24. The maximum absolute atomic E-state index is 12.9. The molecule has 0 aliphatic carbocycles. The number of anilines is 1.